The van der Waals surface area contributed by atoms with Crippen LogP contribution >= 0.6 is 0 Å². The van der Waals surface area contributed by atoms with Gasteiger partial charge in [0.2, 0.25) is 0 Å². The SMILES string of the molecule is Cc1ccc(OCC(=O)NCCc2cccc3cccnc23)cc1C. The Morgan fingerprint density at radius 3 is 2.76 bits per heavy atom. The van der Waals surface area contributed by atoms with Gasteiger partial charge in [-0.2, -0.15) is 0 Å². The van der Waals surface area contributed by atoms with Gasteiger partial charge in [0.1, 0.15) is 5.75 Å². The summed E-state index contributed by atoms with van der Waals surface area (Å²) in [5.41, 5.74) is 4.49. The lowest BCUT2D eigenvalue weighted by Crippen LogP contribution is -2.30. The zero-order valence-electron chi connectivity index (χ0n) is 14.6. The fraction of sp³-hybridized carbons (Fsp3) is 0.238. The summed E-state index contributed by atoms with van der Waals surface area (Å²) < 4.78 is 5.55. The van der Waals surface area contributed by atoms with Crippen LogP contribution < -0.4 is 10.1 Å². The van der Waals surface area contributed by atoms with E-state index in [2.05, 4.69) is 10.3 Å². The summed E-state index contributed by atoms with van der Waals surface area (Å²) in [6, 6.07) is 15.9. The number of benzene rings is 2. The third-order valence-electron chi connectivity index (χ3n) is 4.28. The topological polar surface area (TPSA) is 51.2 Å². The lowest BCUT2D eigenvalue weighted by Gasteiger charge is -2.10. The van der Waals surface area contributed by atoms with Crippen LogP contribution in [0.4, 0.5) is 0 Å². The van der Waals surface area contributed by atoms with Crippen LogP contribution in [0.5, 0.6) is 5.75 Å². The van der Waals surface area contributed by atoms with Crippen LogP contribution in [0.25, 0.3) is 10.9 Å². The first-order valence-corrected chi connectivity index (χ1v) is 8.43. The van der Waals surface area contributed by atoms with Gasteiger partial charge in [-0.05, 0) is 55.2 Å². The largest absolute Gasteiger partial charge is 0.484 e. The molecule has 0 fully saturated rings. The number of nitrogens with zero attached hydrogens (tertiary/aromatic N) is 1. The minimum Gasteiger partial charge on any atom is -0.484 e. The van der Waals surface area contributed by atoms with Crippen molar-refractivity contribution >= 4 is 16.8 Å². The van der Waals surface area contributed by atoms with Crippen molar-refractivity contribution in [3.8, 4) is 5.75 Å². The Morgan fingerprint density at radius 2 is 1.92 bits per heavy atom. The van der Waals surface area contributed by atoms with Gasteiger partial charge in [-0.15, -0.1) is 0 Å². The van der Waals surface area contributed by atoms with Crippen LogP contribution in [0, 0.1) is 13.8 Å². The third-order valence-corrected chi connectivity index (χ3v) is 4.28. The minimum atomic E-state index is -0.119. The molecule has 0 spiro atoms. The standard InChI is InChI=1S/C21H22N2O2/c1-15-8-9-19(13-16(15)2)25-14-20(24)22-12-10-18-6-3-5-17-7-4-11-23-21(17)18/h3-9,11,13H,10,12,14H2,1-2H3,(H,22,24). The number of ether oxygens (including phenoxy) is 1. The predicted octanol–water partition coefficient (Wildman–Crippen LogP) is 3.59. The number of carbonyl (C=O) groups excluding carboxylic acids is 1. The van der Waals surface area contributed by atoms with E-state index in [0.29, 0.717) is 6.54 Å². The number of aromatic nitrogens is 1. The highest BCUT2D eigenvalue weighted by molar-refractivity contribution is 5.81. The van der Waals surface area contributed by atoms with Crippen LogP contribution in [0.2, 0.25) is 0 Å². The number of fused-ring (bicyclic) bond motifs is 1. The summed E-state index contributed by atoms with van der Waals surface area (Å²) in [4.78, 5) is 16.4. The molecule has 2 aromatic carbocycles. The maximum Gasteiger partial charge on any atom is 0.257 e. The van der Waals surface area contributed by atoms with Gasteiger partial charge in [0.05, 0.1) is 5.52 Å². The summed E-state index contributed by atoms with van der Waals surface area (Å²) in [6.45, 7) is 4.66. The number of hydrogen-bond acceptors (Lipinski definition) is 3. The Kier molecular flexibility index (Phi) is 5.29. The zero-order valence-corrected chi connectivity index (χ0v) is 14.6. The van der Waals surface area contributed by atoms with Crippen molar-refractivity contribution in [3.63, 3.8) is 0 Å². The second kappa shape index (κ2) is 7.79. The van der Waals surface area contributed by atoms with E-state index in [1.807, 2.05) is 62.4 Å². The average molecular weight is 334 g/mol. The molecule has 0 aliphatic carbocycles. The van der Waals surface area contributed by atoms with Crippen molar-refractivity contribution in [2.24, 2.45) is 0 Å². The first kappa shape index (κ1) is 17.0. The molecule has 0 radical (unpaired) electrons. The molecule has 0 saturated carbocycles. The van der Waals surface area contributed by atoms with Gasteiger partial charge in [-0.25, -0.2) is 0 Å². The molecule has 0 aliphatic heterocycles. The summed E-state index contributed by atoms with van der Waals surface area (Å²) in [7, 11) is 0. The van der Waals surface area contributed by atoms with Crippen molar-refractivity contribution in [2.75, 3.05) is 13.2 Å². The van der Waals surface area contributed by atoms with Gasteiger partial charge in [-0.1, -0.05) is 30.3 Å². The van der Waals surface area contributed by atoms with E-state index in [-0.39, 0.29) is 12.5 Å². The molecule has 1 aromatic heterocycles. The van der Waals surface area contributed by atoms with Gasteiger partial charge in [-0.3, -0.25) is 9.78 Å². The molecule has 1 amide bonds. The fourth-order valence-electron chi connectivity index (χ4n) is 2.71. The average Bonchev–Trinajstić information content (AvgIpc) is 2.63. The number of amides is 1. The maximum atomic E-state index is 12.0. The molecule has 4 nitrogen and oxygen atoms in total. The normalized spacial score (nSPS) is 10.6. The molecule has 0 bridgehead atoms. The van der Waals surface area contributed by atoms with Crippen molar-refractivity contribution in [1.82, 2.24) is 10.3 Å². The quantitative estimate of drug-likeness (QED) is 0.749. The van der Waals surface area contributed by atoms with E-state index in [1.165, 1.54) is 5.56 Å². The molecule has 1 N–H and O–H groups in total. The summed E-state index contributed by atoms with van der Waals surface area (Å²) in [5.74, 6) is 0.600. The predicted molar refractivity (Wildman–Crippen MR) is 99.9 cm³/mol. The van der Waals surface area contributed by atoms with Crippen molar-refractivity contribution in [2.45, 2.75) is 20.3 Å². The number of hydrogen-bond donors (Lipinski definition) is 1. The van der Waals surface area contributed by atoms with Gasteiger partial charge >= 0.3 is 0 Å². The van der Waals surface area contributed by atoms with E-state index < -0.39 is 0 Å². The number of carbonyl (C=O) groups is 1. The first-order chi connectivity index (χ1) is 12.1. The molecule has 3 aromatic rings. The zero-order chi connectivity index (χ0) is 17.6. The molecule has 4 heteroatoms. The number of nitrogens with one attached hydrogen (secondary N) is 1. The van der Waals surface area contributed by atoms with Crippen LogP contribution in [0.3, 0.4) is 0 Å². The number of aryl methyl sites for hydroxylation is 2. The van der Waals surface area contributed by atoms with Crippen LogP contribution in [-0.2, 0) is 11.2 Å². The molecule has 0 unspecified atom stereocenters. The molecular formula is C21H22N2O2. The van der Waals surface area contributed by atoms with Gasteiger partial charge in [0, 0.05) is 18.1 Å². The Morgan fingerprint density at radius 1 is 1.08 bits per heavy atom. The first-order valence-electron chi connectivity index (χ1n) is 8.43. The highest BCUT2D eigenvalue weighted by atomic mass is 16.5. The monoisotopic (exact) mass is 334 g/mol. The highest BCUT2D eigenvalue weighted by Crippen LogP contribution is 2.17. The number of rotatable bonds is 6. The van der Waals surface area contributed by atoms with E-state index in [0.717, 1.165) is 34.2 Å². The maximum absolute atomic E-state index is 12.0. The minimum absolute atomic E-state index is 0.0241. The van der Waals surface area contributed by atoms with Gasteiger partial charge in [0.15, 0.2) is 6.61 Å². The van der Waals surface area contributed by atoms with Crippen LogP contribution in [0.15, 0.2) is 54.7 Å². The molecule has 0 atom stereocenters. The Labute approximate surface area is 147 Å². The molecule has 3 rings (SSSR count). The molecule has 0 aliphatic rings. The van der Waals surface area contributed by atoms with Gasteiger partial charge < -0.3 is 10.1 Å². The number of pyridine rings is 1. The third kappa shape index (κ3) is 4.35. The van der Waals surface area contributed by atoms with Crippen molar-refractivity contribution in [3.05, 3.63) is 71.4 Å². The molecule has 1 heterocycles. The molecular weight excluding hydrogens is 312 g/mol. The van der Waals surface area contributed by atoms with E-state index in [4.69, 9.17) is 4.74 Å². The van der Waals surface area contributed by atoms with Crippen LogP contribution in [0.1, 0.15) is 16.7 Å². The van der Waals surface area contributed by atoms with Crippen molar-refractivity contribution in [1.29, 1.82) is 0 Å². The molecule has 128 valence electrons. The lowest BCUT2D eigenvalue weighted by atomic mass is 10.1. The second-order valence-electron chi connectivity index (χ2n) is 6.13. The van der Waals surface area contributed by atoms with E-state index in [1.54, 1.807) is 6.20 Å². The van der Waals surface area contributed by atoms with E-state index in [9.17, 15) is 4.79 Å². The van der Waals surface area contributed by atoms with E-state index >= 15 is 0 Å². The lowest BCUT2D eigenvalue weighted by molar-refractivity contribution is -0.123. The number of para-hydroxylation sites is 1. The van der Waals surface area contributed by atoms with Crippen LogP contribution in [-0.4, -0.2) is 24.0 Å². The Balaban J connectivity index is 1.50. The fourth-order valence-corrected chi connectivity index (χ4v) is 2.71. The molecule has 25 heavy (non-hydrogen) atoms. The Bertz CT molecular complexity index is 885. The molecule has 0 saturated heterocycles. The summed E-state index contributed by atoms with van der Waals surface area (Å²) in [5, 5.41) is 4.02. The summed E-state index contributed by atoms with van der Waals surface area (Å²) in [6.07, 6.45) is 2.53. The van der Waals surface area contributed by atoms with Crippen molar-refractivity contribution < 1.29 is 9.53 Å². The Hall–Kier alpha value is -2.88. The smallest absolute Gasteiger partial charge is 0.257 e. The summed E-state index contributed by atoms with van der Waals surface area (Å²) >= 11 is 0. The highest BCUT2D eigenvalue weighted by Gasteiger charge is 2.05. The second-order valence-corrected chi connectivity index (χ2v) is 6.13. The van der Waals surface area contributed by atoms with Gasteiger partial charge in [0.25, 0.3) is 5.91 Å².